The van der Waals surface area contributed by atoms with Crippen LogP contribution in [0.3, 0.4) is 0 Å². The Bertz CT molecular complexity index is 214. The molecule has 1 saturated heterocycles. The molecule has 0 aliphatic carbocycles. The number of rotatable bonds is 6. The summed E-state index contributed by atoms with van der Waals surface area (Å²) in [4.78, 5) is 11.6. The van der Waals surface area contributed by atoms with E-state index in [1.807, 2.05) is 13.8 Å². The molecule has 0 aromatic rings. The molecule has 94 valence electrons. The Hall–Kier alpha value is -0.610. The molecular formula is C12H23NO3. The Balaban J connectivity index is 2.39. The van der Waals surface area contributed by atoms with Gasteiger partial charge in [0.15, 0.2) is 0 Å². The van der Waals surface area contributed by atoms with Gasteiger partial charge in [0.1, 0.15) is 6.04 Å². The Morgan fingerprint density at radius 3 is 2.81 bits per heavy atom. The molecule has 1 fully saturated rings. The van der Waals surface area contributed by atoms with Gasteiger partial charge in [-0.2, -0.15) is 0 Å². The van der Waals surface area contributed by atoms with Gasteiger partial charge < -0.3 is 9.47 Å². The van der Waals surface area contributed by atoms with Crippen LogP contribution in [-0.2, 0) is 14.3 Å². The third kappa shape index (κ3) is 3.76. The highest BCUT2D eigenvalue weighted by molar-refractivity contribution is 5.75. The van der Waals surface area contributed by atoms with Crippen molar-refractivity contribution in [3.8, 4) is 0 Å². The van der Waals surface area contributed by atoms with Crippen LogP contribution in [0.5, 0.6) is 0 Å². The summed E-state index contributed by atoms with van der Waals surface area (Å²) < 4.78 is 10.6. The SMILES string of the molecule is CCOC(=O)C(CC)NC(C)C1CCCO1. The Morgan fingerprint density at radius 1 is 1.56 bits per heavy atom. The Kier molecular flexibility index (Phi) is 5.77. The van der Waals surface area contributed by atoms with E-state index in [-0.39, 0.29) is 24.2 Å². The fourth-order valence-corrected chi connectivity index (χ4v) is 2.02. The molecule has 1 heterocycles. The van der Waals surface area contributed by atoms with E-state index in [4.69, 9.17) is 9.47 Å². The molecule has 0 bridgehead atoms. The van der Waals surface area contributed by atoms with E-state index in [0.29, 0.717) is 6.61 Å². The van der Waals surface area contributed by atoms with Gasteiger partial charge in [-0.1, -0.05) is 6.92 Å². The molecule has 0 amide bonds. The van der Waals surface area contributed by atoms with Gasteiger partial charge in [0, 0.05) is 12.6 Å². The molecule has 3 atom stereocenters. The molecule has 1 N–H and O–H groups in total. The van der Waals surface area contributed by atoms with Crippen molar-refractivity contribution in [2.75, 3.05) is 13.2 Å². The average molecular weight is 229 g/mol. The molecule has 4 nitrogen and oxygen atoms in total. The van der Waals surface area contributed by atoms with Crippen molar-refractivity contribution in [1.29, 1.82) is 0 Å². The second kappa shape index (κ2) is 6.86. The van der Waals surface area contributed by atoms with Crippen molar-refractivity contribution >= 4 is 5.97 Å². The maximum atomic E-state index is 11.6. The van der Waals surface area contributed by atoms with Gasteiger partial charge >= 0.3 is 5.97 Å². The highest BCUT2D eigenvalue weighted by Crippen LogP contribution is 2.16. The molecule has 0 aromatic carbocycles. The Labute approximate surface area is 97.7 Å². The van der Waals surface area contributed by atoms with Gasteiger partial charge in [-0.3, -0.25) is 10.1 Å². The van der Waals surface area contributed by atoms with Crippen LogP contribution in [0, 0.1) is 0 Å². The molecule has 1 aliphatic rings. The first-order valence-electron chi connectivity index (χ1n) is 6.23. The maximum absolute atomic E-state index is 11.6. The first-order valence-corrected chi connectivity index (χ1v) is 6.23. The molecule has 3 unspecified atom stereocenters. The number of carbonyl (C=O) groups excluding carboxylic acids is 1. The summed E-state index contributed by atoms with van der Waals surface area (Å²) in [5, 5.41) is 3.29. The number of esters is 1. The number of hydrogen-bond acceptors (Lipinski definition) is 4. The normalized spacial score (nSPS) is 24.1. The van der Waals surface area contributed by atoms with Crippen LogP contribution in [0.1, 0.15) is 40.0 Å². The number of ether oxygens (including phenoxy) is 2. The fourth-order valence-electron chi connectivity index (χ4n) is 2.02. The standard InChI is InChI=1S/C12H23NO3/c1-4-10(12(14)15-5-2)13-9(3)11-7-6-8-16-11/h9-11,13H,4-8H2,1-3H3. The van der Waals surface area contributed by atoms with E-state index in [1.165, 1.54) is 0 Å². The zero-order valence-electron chi connectivity index (χ0n) is 10.5. The zero-order chi connectivity index (χ0) is 12.0. The second-order valence-corrected chi connectivity index (χ2v) is 4.22. The van der Waals surface area contributed by atoms with Crippen molar-refractivity contribution < 1.29 is 14.3 Å². The van der Waals surface area contributed by atoms with Crippen LogP contribution in [0.25, 0.3) is 0 Å². The minimum atomic E-state index is -0.209. The van der Waals surface area contributed by atoms with Gasteiger partial charge in [-0.25, -0.2) is 0 Å². The van der Waals surface area contributed by atoms with Gasteiger partial charge in [0.05, 0.1) is 12.7 Å². The molecule has 0 saturated carbocycles. The lowest BCUT2D eigenvalue weighted by molar-refractivity contribution is -0.146. The van der Waals surface area contributed by atoms with Crippen molar-refractivity contribution in [2.24, 2.45) is 0 Å². The number of carbonyl (C=O) groups is 1. The molecule has 4 heteroatoms. The highest BCUT2D eigenvalue weighted by atomic mass is 16.5. The molecule has 1 rings (SSSR count). The lowest BCUT2D eigenvalue weighted by Gasteiger charge is -2.24. The molecule has 0 spiro atoms. The first-order chi connectivity index (χ1) is 7.69. The van der Waals surface area contributed by atoms with Gasteiger partial charge in [-0.15, -0.1) is 0 Å². The van der Waals surface area contributed by atoms with Crippen molar-refractivity contribution in [3.05, 3.63) is 0 Å². The smallest absolute Gasteiger partial charge is 0.323 e. The van der Waals surface area contributed by atoms with Gasteiger partial charge in [0.25, 0.3) is 0 Å². The quantitative estimate of drug-likeness (QED) is 0.701. The predicted octanol–water partition coefficient (Wildman–Crippen LogP) is 1.49. The largest absolute Gasteiger partial charge is 0.465 e. The van der Waals surface area contributed by atoms with Gasteiger partial charge in [0.2, 0.25) is 0 Å². The first kappa shape index (κ1) is 13.5. The summed E-state index contributed by atoms with van der Waals surface area (Å²) in [7, 11) is 0. The van der Waals surface area contributed by atoms with Crippen LogP contribution in [0.4, 0.5) is 0 Å². The highest BCUT2D eigenvalue weighted by Gasteiger charge is 2.26. The summed E-state index contributed by atoms with van der Waals surface area (Å²) in [5.41, 5.74) is 0. The van der Waals surface area contributed by atoms with E-state index in [2.05, 4.69) is 12.2 Å². The summed E-state index contributed by atoms with van der Waals surface area (Å²) in [6, 6.07) is -0.00370. The predicted molar refractivity (Wildman–Crippen MR) is 62.3 cm³/mol. The molecule has 1 aliphatic heterocycles. The second-order valence-electron chi connectivity index (χ2n) is 4.22. The maximum Gasteiger partial charge on any atom is 0.323 e. The Morgan fingerprint density at radius 2 is 2.31 bits per heavy atom. The van der Waals surface area contributed by atoms with E-state index in [0.717, 1.165) is 25.9 Å². The van der Waals surface area contributed by atoms with Gasteiger partial charge in [-0.05, 0) is 33.1 Å². The monoisotopic (exact) mass is 229 g/mol. The van der Waals surface area contributed by atoms with E-state index in [1.54, 1.807) is 0 Å². The zero-order valence-corrected chi connectivity index (χ0v) is 10.5. The van der Waals surface area contributed by atoms with Crippen LogP contribution in [0.15, 0.2) is 0 Å². The summed E-state index contributed by atoms with van der Waals surface area (Å²) in [6.07, 6.45) is 3.18. The van der Waals surface area contributed by atoms with E-state index < -0.39 is 0 Å². The van der Waals surface area contributed by atoms with Crippen molar-refractivity contribution in [3.63, 3.8) is 0 Å². The summed E-state index contributed by atoms with van der Waals surface area (Å²) in [6.45, 7) is 7.15. The lowest BCUT2D eigenvalue weighted by atomic mass is 10.1. The fraction of sp³-hybridized carbons (Fsp3) is 0.917. The van der Waals surface area contributed by atoms with Crippen molar-refractivity contribution in [2.45, 2.75) is 58.2 Å². The minimum absolute atomic E-state index is 0.158. The minimum Gasteiger partial charge on any atom is -0.465 e. The van der Waals surface area contributed by atoms with Crippen LogP contribution >= 0.6 is 0 Å². The number of nitrogens with one attached hydrogen (secondary N) is 1. The van der Waals surface area contributed by atoms with E-state index in [9.17, 15) is 4.79 Å². The third-order valence-corrected chi connectivity index (χ3v) is 2.97. The molecular weight excluding hydrogens is 206 g/mol. The average Bonchev–Trinajstić information content (AvgIpc) is 2.79. The number of hydrogen-bond donors (Lipinski definition) is 1. The molecule has 16 heavy (non-hydrogen) atoms. The van der Waals surface area contributed by atoms with Crippen LogP contribution < -0.4 is 5.32 Å². The third-order valence-electron chi connectivity index (χ3n) is 2.97. The summed E-state index contributed by atoms with van der Waals surface area (Å²) >= 11 is 0. The van der Waals surface area contributed by atoms with E-state index >= 15 is 0 Å². The molecule has 0 radical (unpaired) electrons. The van der Waals surface area contributed by atoms with Crippen molar-refractivity contribution in [1.82, 2.24) is 5.32 Å². The lowest BCUT2D eigenvalue weighted by Crippen LogP contribution is -2.47. The topological polar surface area (TPSA) is 47.6 Å². The van der Waals surface area contributed by atoms with Crippen LogP contribution in [-0.4, -0.2) is 37.4 Å². The molecule has 0 aromatic heterocycles. The summed E-state index contributed by atoms with van der Waals surface area (Å²) in [5.74, 6) is -0.158. The van der Waals surface area contributed by atoms with Crippen LogP contribution in [0.2, 0.25) is 0 Å².